The SMILES string of the molecule is CC.CC.CC(=O)c1ccc2c(c1)C1(OC2=O)c2ccc(O)cc2Oc2cc(O)ccc21. The molecule has 5 rings (SSSR count). The van der Waals surface area contributed by atoms with Crippen molar-refractivity contribution >= 4 is 11.8 Å². The number of rotatable bonds is 1. The Bertz CT molecular complexity index is 1140. The van der Waals surface area contributed by atoms with Gasteiger partial charge in [-0.1, -0.05) is 33.8 Å². The van der Waals surface area contributed by atoms with Crippen LogP contribution in [0.3, 0.4) is 0 Å². The molecule has 3 aromatic rings. The Labute approximate surface area is 187 Å². The lowest BCUT2D eigenvalue weighted by molar-refractivity contribution is 0.0224. The van der Waals surface area contributed by atoms with Crippen LogP contribution in [0.15, 0.2) is 54.6 Å². The van der Waals surface area contributed by atoms with E-state index >= 15 is 0 Å². The monoisotopic (exact) mass is 434 g/mol. The second-order valence-electron chi connectivity index (χ2n) is 6.85. The maximum absolute atomic E-state index is 12.7. The molecule has 1 spiro atoms. The Morgan fingerprint density at radius 1 is 0.781 bits per heavy atom. The minimum atomic E-state index is -1.35. The van der Waals surface area contributed by atoms with Gasteiger partial charge in [0.1, 0.15) is 23.0 Å². The molecule has 0 unspecified atom stereocenters. The zero-order chi connectivity index (χ0) is 23.6. The van der Waals surface area contributed by atoms with Crippen LogP contribution in [0.5, 0.6) is 23.0 Å². The van der Waals surface area contributed by atoms with Crippen LogP contribution >= 0.6 is 0 Å². The Morgan fingerprint density at radius 2 is 1.31 bits per heavy atom. The minimum Gasteiger partial charge on any atom is -0.508 e. The number of benzene rings is 3. The van der Waals surface area contributed by atoms with Crippen LogP contribution in [0.4, 0.5) is 0 Å². The molecule has 2 aliphatic heterocycles. The Balaban J connectivity index is 0.000000686. The number of phenolic OH excluding ortho intramolecular Hbond substituents is 2. The first-order valence-electron chi connectivity index (χ1n) is 10.6. The topological polar surface area (TPSA) is 93.1 Å². The Hall–Kier alpha value is -3.80. The van der Waals surface area contributed by atoms with E-state index < -0.39 is 11.6 Å². The molecule has 2 aliphatic rings. The van der Waals surface area contributed by atoms with Crippen molar-refractivity contribution in [2.24, 2.45) is 0 Å². The lowest BCUT2D eigenvalue weighted by atomic mass is 9.77. The molecule has 0 bridgehead atoms. The molecule has 0 amide bonds. The zero-order valence-corrected chi connectivity index (χ0v) is 18.7. The molecule has 32 heavy (non-hydrogen) atoms. The summed E-state index contributed by atoms with van der Waals surface area (Å²) >= 11 is 0. The van der Waals surface area contributed by atoms with Gasteiger partial charge in [-0.3, -0.25) is 4.79 Å². The van der Waals surface area contributed by atoms with Gasteiger partial charge in [0.25, 0.3) is 0 Å². The highest BCUT2D eigenvalue weighted by Gasteiger charge is 2.53. The first kappa shape index (κ1) is 22.9. The van der Waals surface area contributed by atoms with Gasteiger partial charge in [-0.2, -0.15) is 0 Å². The van der Waals surface area contributed by atoms with Crippen molar-refractivity contribution in [3.8, 4) is 23.0 Å². The van der Waals surface area contributed by atoms with E-state index in [1.807, 2.05) is 27.7 Å². The Kier molecular flexibility index (Phi) is 6.25. The van der Waals surface area contributed by atoms with Crippen LogP contribution in [0.1, 0.15) is 72.0 Å². The lowest BCUT2D eigenvalue weighted by Crippen LogP contribution is -2.33. The highest BCUT2D eigenvalue weighted by Crippen LogP contribution is 2.57. The van der Waals surface area contributed by atoms with E-state index in [2.05, 4.69) is 0 Å². The van der Waals surface area contributed by atoms with Crippen LogP contribution in [0.25, 0.3) is 0 Å². The van der Waals surface area contributed by atoms with E-state index in [9.17, 15) is 19.8 Å². The molecule has 3 aromatic carbocycles. The van der Waals surface area contributed by atoms with E-state index in [0.29, 0.717) is 39.3 Å². The third-order valence-corrected chi connectivity index (χ3v) is 5.18. The summed E-state index contributed by atoms with van der Waals surface area (Å²) in [5.41, 5.74) is 1.02. The predicted octanol–water partition coefficient (Wildman–Crippen LogP) is 5.92. The van der Waals surface area contributed by atoms with Crippen molar-refractivity contribution < 1.29 is 29.3 Å². The summed E-state index contributed by atoms with van der Waals surface area (Å²) in [4.78, 5) is 24.7. The molecule has 0 aromatic heterocycles. The number of phenols is 2. The van der Waals surface area contributed by atoms with Crippen molar-refractivity contribution in [2.75, 3.05) is 0 Å². The smallest absolute Gasteiger partial charge is 0.340 e. The lowest BCUT2D eigenvalue weighted by Gasteiger charge is -2.36. The average Bonchev–Trinajstić information content (AvgIpc) is 3.08. The summed E-state index contributed by atoms with van der Waals surface area (Å²) in [6, 6.07) is 13.9. The largest absolute Gasteiger partial charge is 0.508 e. The van der Waals surface area contributed by atoms with Crippen molar-refractivity contribution in [3.05, 3.63) is 82.4 Å². The maximum atomic E-state index is 12.7. The normalized spacial score (nSPS) is 13.7. The van der Waals surface area contributed by atoms with Gasteiger partial charge in [0.2, 0.25) is 0 Å². The second kappa shape index (κ2) is 8.75. The zero-order valence-electron chi connectivity index (χ0n) is 18.7. The van der Waals surface area contributed by atoms with Crippen LogP contribution in [0, 0.1) is 0 Å². The van der Waals surface area contributed by atoms with Gasteiger partial charge in [-0.05, 0) is 43.3 Å². The van der Waals surface area contributed by atoms with E-state index in [0.717, 1.165) is 0 Å². The van der Waals surface area contributed by atoms with Gasteiger partial charge in [-0.15, -0.1) is 0 Å². The molecule has 6 nitrogen and oxygen atoms in total. The summed E-state index contributed by atoms with van der Waals surface area (Å²) < 4.78 is 11.8. The first-order chi connectivity index (χ1) is 15.4. The number of carbonyl (C=O) groups is 2. The fourth-order valence-corrected chi connectivity index (χ4v) is 3.92. The summed E-state index contributed by atoms with van der Waals surface area (Å²) in [5, 5.41) is 19.8. The van der Waals surface area contributed by atoms with Gasteiger partial charge < -0.3 is 19.7 Å². The molecule has 0 saturated heterocycles. The summed E-state index contributed by atoms with van der Waals surface area (Å²) in [7, 11) is 0. The molecular weight excluding hydrogens is 408 g/mol. The van der Waals surface area contributed by atoms with Crippen molar-refractivity contribution in [1.82, 2.24) is 0 Å². The second-order valence-corrected chi connectivity index (χ2v) is 6.85. The fraction of sp³-hybridized carbons (Fsp3) is 0.231. The summed E-state index contributed by atoms with van der Waals surface area (Å²) in [6.45, 7) is 9.45. The predicted molar refractivity (Wildman–Crippen MR) is 121 cm³/mol. The average molecular weight is 434 g/mol. The molecule has 2 heterocycles. The van der Waals surface area contributed by atoms with Gasteiger partial charge >= 0.3 is 5.97 Å². The number of ether oxygens (including phenoxy) is 2. The third-order valence-electron chi connectivity index (χ3n) is 5.18. The van der Waals surface area contributed by atoms with Crippen molar-refractivity contribution in [1.29, 1.82) is 0 Å². The van der Waals surface area contributed by atoms with E-state index in [1.165, 1.54) is 31.2 Å². The van der Waals surface area contributed by atoms with Gasteiger partial charge in [0.15, 0.2) is 11.4 Å². The molecule has 0 radical (unpaired) electrons. The number of esters is 1. The minimum absolute atomic E-state index is 0.0143. The Morgan fingerprint density at radius 3 is 1.81 bits per heavy atom. The van der Waals surface area contributed by atoms with Crippen LogP contribution in [-0.2, 0) is 10.3 Å². The fourth-order valence-electron chi connectivity index (χ4n) is 3.92. The van der Waals surface area contributed by atoms with E-state index in [1.54, 1.807) is 30.3 Å². The standard InChI is InChI=1S/C22H14O6.2C2H6/c1-11(23)12-2-5-15-18(8-12)22(28-21(15)26)16-6-3-13(24)9-19(16)27-20-10-14(25)4-7-17(20)22;2*1-2/h2-10,24-25H,1H3;2*1-2H3. The molecule has 0 atom stereocenters. The third kappa shape index (κ3) is 3.38. The van der Waals surface area contributed by atoms with Crippen LogP contribution < -0.4 is 4.74 Å². The number of Topliss-reactive ketones (excluding diaryl/α,β-unsaturated/α-hetero) is 1. The maximum Gasteiger partial charge on any atom is 0.340 e. The van der Waals surface area contributed by atoms with Gasteiger partial charge in [0, 0.05) is 34.4 Å². The van der Waals surface area contributed by atoms with Crippen molar-refractivity contribution in [3.63, 3.8) is 0 Å². The van der Waals surface area contributed by atoms with E-state index in [4.69, 9.17) is 9.47 Å². The van der Waals surface area contributed by atoms with E-state index in [-0.39, 0.29) is 17.3 Å². The van der Waals surface area contributed by atoms with Gasteiger partial charge in [-0.25, -0.2) is 4.79 Å². The first-order valence-corrected chi connectivity index (χ1v) is 10.6. The van der Waals surface area contributed by atoms with Crippen LogP contribution in [-0.4, -0.2) is 22.0 Å². The summed E-state index contributed by atoms with van der Waals surface area (Å²) in [5.74, 6) is -0.0932. The molecule has 0 aliphatic carbocycles. The van der Waals surface area contributed by atoms with Gasteiger partial charge in [0.05, 0.1) is 5.56 Å². The number of hydrogen-bond donors (Lipinski definition) is 2. The molecule has 6 heteroatoms. The van der Waals surface area contributed by atoms with Crippen LogP contribution in [0.2, 0.25) is 0 Å². The number of carbonyl (C=O) groups excluding carboxylic acids is 2. The van der Waals surface area contributed by atoms with Crippen molar-refractivity contribution in [2.45, 2.75) is 40.2 Å². The molecular formula is C26H26O6. The highest BCUT2D eigenvalue weighted by atomic mass is 16.6. The summed E-state index contributed by atoms with van der Waals surface area (Å²) in [6.07, 6.45) is 0. The number of hydrogen-bond acceptors (Lipinski definition) is 6. The molecule has 0 saturated carbocycles. The quantitative estimate of drug-likeness (QED) is 0.365. The highest BCUT2D eigenvalue weighted by molar-refractivity contribution is 6.00. The molecule has 166 valence electrons. The molecule has 0 fully saturated rings. The number of ketones is 1. The number of fused-ring (bicyclic) bond motifs is 6. The number of aromatic hydroxyl groups is 2. The molecule has 2 N–H and O–H groups in total.